The minimum Gasteiger partial charge on any atom is -0.494 e. The van der Waals surface area contributed by atoms with Gasteiger partial charge in [-0.05, 0) is 43.9 Å². The molecule has 1 fully saturated rings. The van der Waals surface area contributed by atoms with E-state index in [1.165, 1.54) is 0 Å². The minimum absolute atomic E-state index is 0.0801. The average molecular weight is 381 g/mol. The molecule has 0 radical (unpaired) electrons. The van der Waals surface area contributed by atoms with Gasteiger partial charge in [0.25, 0.3) is 5.91 Å². The third-order valence-electron chi connectivity index (χ3n) is 4.13. The summed E-state index contributed by atoms with van der Waals surface area (Å²) in [6, 6.07) is 4.02. The molecular formula is C18H21ClN2O5. The van der Waals surface area contributed by atoms with E-state index in [1.54, 1.807) is 25.1 Å². The van der Waals surface area contributed by atoms with Crippen molar-refractivity contribution in [2.45, 2.75) is 38.6 Å². The minimum atomic E-state index is -0.995. The lowest BCUT2D eigenvalue weighted by atomic mass is 10.0. The molecule has 1 unspecified atom stereocenters. The van der Waals surface area contributed by atoms with Crippen LogP contribution in [-0.2, 0) is 14.4 Å². The largest absolute Gasteiger partial charge is 0.494 e. The first-order chi connectivity index (χ1) is 12.5. The van der Waals surface area contributed by atoms with E-state index in [1.807, 2.05) is 0 Å². The molecule has 4 amide bonds. The summed E-state index contributed by atoms with van der Waals surface area (Å²) in [5.74, 6) is -0.594. The van der Waals surface area contributed by atoms with Crippen LogP contribution in [0.25, 0.3) is 0 Å². The number of carbonyl (C=O) groups excluding carboxylic acids is 4. The van der Waals surface area contributed by atoms with E-state index in [0.29, 0.717) is 30.2 Å². The third-order valence-corrected chi connectivity index (χ3v) is 4.40. The summed E-state index contributed by atoms with van der Waals surface area (Å²) in [6.07, 6.45) is 2.14. The number of hydrogen-bond donors (Lipinski definition) is 1. The van der Waals surface area contributed by atoms with Crippen LogP contribution in [0.15, 0.2) is 18.2 Å². The molecule has 1 saturated heterocycles. The van der Waals surface area contributed by atoms with Crippen LogP contribution in [0.3, 0.4) is 0 Å². The van der Waals surface area contributed by atoms with Crippen LogP contribution < -0.4 is 10.1 Å². The van der Waals surface area contributed by atoms with Gasteiger partial charge in [-0.3, -0.25) is 29.4 Å². The summed E-state index contributed by atoms with van der Waals surface area (Å²) < 4.78 is 5.61. The molecule has 0 spiro atoms. The van der Waals surface area contributed by atoms with E-state index >= 15 is 0 Å². The second-order valence-electron chi connectivity index (χ2n) is 6.01. The molecular weight excluding hydrogens is 360 g/mol. The van der Waals surface area contributed by atoms with Crippen molar-refractivity contribution in [2.75, 3.05) is 12.5 Å². The monoisotopic (exact) mass is 380 g/mol. The highest BCUT2D eigenvalue weighted by atomic mass is 35.5. The number of alkyl halides is 1. The van der Waals surface area contributed by atoms with E-state index in [4.69, 9.17) is 16.3 Å². The van der Waals surface area contributed by atoms with E-state index in [-0.39, 0.29) is 18.4 Å². The van der Waals surface area contributed by atoms with E-state index in [2.05, 4.69) is 5.32 Å². The summed E-state index contributed by atoms with van der Waals surface area (Å²) in [4.78, 5) is 48.4. The van der Waals surface area contributed by atoms with Crippen molar-refractivity contribution in [1.29, 1.82) is 0 Å². The molecule has 0 bridgehead atoms. The van der Waals surface area contributed by atoms with Crippen molar-refractivity contribution >= 4 is 35.7 Å². The normalized spacial score (nSPS) is 16.8. The van der Waals surface area contributed by atoms with Crippen LogP contribution in [0, 0.1) is 6.92 Å². The number of hydrogen-bond acceptors (Lipinski definition) is 5. The first kappa shape index (κ1) is 19.9. The van der Waals surface area contributed by atoms with Gasteiger partial charge in [-0.2, -0.15) is 0 Å². The fourth-order valence-electron chi connectivity index (χ4n) is 2.66. The Balaban J connectivity index is 2.16. The van der Waals surface area contributed by atoms with Gasteiger partial charge in [-0.25, -0.2) is 0 Å². The average Bonchev–Trinajstić information content (AvgIpc) is 2.62. The smallest absolute Gasteiger partial charge is 0.261 e. The number of rotatable bonds is 8. The highest BCUT2D eigenvalue weighted by Gasteiger charge is 2.35. The molecule has 8 heteroatoms. The van der Waals surface area contributed by atoms with E-state index < -0.39 is 23.8 Å². The zero-order valence-corrected chi connectivity index (χ0v) is 15.3. The number of imide groups is 2. The highest BCUT2D eigenvalue weighted by molar-refractivity contribution is 6.17. The van der Waals surface area contributed by atoms with E-state index in [9.17, 15) is 19.2 Å². The number of halogens is 1. The van der Waals surface area contributed by atoms with Crippen LogP contribution >= 0.6 is 11.6 Å². The van der Waals surface area contributed by atoms with Crippen molar-refractivity contribution < 1.29 is 23.9 Å². The molecule has 1 N–H and O–H groups in total. The van der Waals surface area contributed by atoms with Crippen LogP contribution in [0.2, 0.25) is 0 Å². The molecule has 1 aliphatic heterocycles. The summed E-state index contributed by atoms with van der Waals surface area (Å²) in [6.45, 7) is 2.20. The third kappa shape index (κ3) is 4.82. The number of aryl methyl sites for hydroxylation is 1. The molecule has 140 valence electrons. The Morgan fingerprint density at radius 1 is 1.38 bits per heavy atom. The van der Waals surface area contributed by atoms with Crippen molar-refractivity contribution in [1.82, 2.24) is 10.2 Å². The second-order valence-corrected chi connectivity index (χ2v) is 6.38. The fourth-order valence-corrected chi connectivity index (χ4v) is 2.85. The van der Waals surface area contributed by atoms with Crippen LogP contribution in [0.1, 0.15) is 41.6 Å². The van der Waals surface area contributed by atoms with Gasteiger partial charge >= 0.3 is 0 Å². The lowest BCUT2D eigenvalue weighted by Crippen LogP contribution is -2.53. The van der Waals surface area contributed by atoms with Crippen LogP contribution in [-0.4, -0.2) is 47.6 Å². The Morgan fingerprint density at radius 3 is 2.81 bits per heavy atom. The number of amides is 4. The predicted octanol–water partition coefficient (Wildman–Crippen LogP) is 1.80. The number of unbranched alkanes of at least 4 members (excludes halogenated alkanes) is 1. The van der Waals surface area contributed by atoms with Gasteiger partial charge in [0.15, 0.2) is 0 Å². The SMILES string of the molecule is Cc1ccc(OCCCCCl)cc1C(=O)N(C=O)C1CCC(=O)NC1=O. The number of nitrogens with one attached hydrogen (secondary N) is 1. The van der Waals surface area contributed by atoms with Gasteiger partial charge in [0.1, 0.15) is 11.8 Å². The number of nitrogens with zero attached hydrogens (tertiary/aromatic N) is 1. The molecule has 1 atom stereocenters. The Hall–Kier alpha value is -2.41. The van der Waals surface area contributed by atoms with Gasteiger partial charge in [0, 0.05) is 17.9 Å². The van der Waals surface area contributed by atoms with Gasteiger partial charge in [0.2, 0.25) is 18.2 Å². The highest BCUT2D eigenvalue weighted by Crippen LogP contribution is 2.21. The Kier molecular flexibility index (Phi) is 7.15. The molecule has 7 nitrogen and oxygen atoms in total. The van der Waals surface area contributed by atoms with Crippen molar-refractivity contribution in [3.05, 3.63) is 29.3 Å². The number of carbonyl (C=O) groups is 4. The zero-order valence-electron chi connectivity index (χ0n) is 14.5. The molecule has 1 aliphatic rings. The first-order valence-corrected chi connectivity index (χ1v) is 8.92. The molecule has 1 heterocycles. The van der Waals surface area contributed by atoms with Crippen molar-refractivity contribution in [3.8, 4) is 5.75 Å². The van der Waals surface area contributed by atoms with Gasteiger partial charge in [0.05, 0.1) is 6.61 Å². The molecule has 26 heavy (non-hydrogen) atoms. The Labute approximate surface area is 156 Å². The predicted molar refractivity (Wildman–Crippen MR) is 95.0 cm³/mol. The Bertz CT molecular complexity index is 707. The van der Waals surface area contributed by atoms with Gasteiger partial charge in [-0.1, -0.05) is 6.07 Å². The van der Waals surface area contributed by atoms with Gasteiger partial charge < -0.3 is 4.74 Å². The Morgan fingerprint density at radius 2 is 2.15 bits per heavy atom. The van der Waals surface area contributed by atoms with E-state index in [0.717, 1.165) is 17.7 Å². The number of ether oxygens (including phenoxy) is 1. The van der Waals surface area contributed by atoms with Crippen molar-refractivity contribution in [3.63, 3.8) is 0 Å². The standard InChI is InChI=1S/C18H21ClN2O5/c1-12-4-5-13(26-9-3-2-8-19)10-14(12)18(25)21(11-22)15-6-7-16(23)20-17(15)24/h4-5,10-11,15H,2-3,6-9H2,1H3,(H,20,23,24). The molecule has 0 aromatic heterocycles. The summed E-state index contributed by atoms with van der Waals surface area (Å²) in [5, 5.41) is 2.15. The quantitative estimate of drug-likeness (QED) is 0.321. The summed E-state index contributed by atoms with van der Waals surface area (Å²) >= 11 is 5.62. The molecule has 1 aromatic rings. The second kappa shape index (κ2) is 9.33. The summed E-state index contributed by atoms with van der Waals surface area (Å²) in [5.41, 5.74) is 0.930. The van der Waals surface area contributed by atoms with Crippen molar-refractivity contribution in [2.24, 2.45) is 0 Å². The van der Waals surface area contributed by atoms with Crippen LogP contribution in [0.5, 0.6) is 5.75 Å². The molecule has 0 aliphatic carbocycles. The fraction of sp³-hybridized carbons (Fsp3) is 0.444. The molecule has 2 rings (SSSR count). The number of piperidine rings is 1. The van der Waals surface area contributed by atoms with Crippen LogP contribution in [0.4, 0.5) is 0 Å². The molecule has 0 saturated carbocycles. The first-order valence-electron chi connectivity index (χ1n) is 8.39. The molecule has 1 aromatic carbocycles. The maximum Gasteiger partial charge on any atom is 0.261 e. The lowest BCUT2D eigenvalue weighted by molar-refractivity contribution is -0.139. The van der Waals surface area contributed by atoms with Gasteiger partial charge in [-0.15, -0.1) is 11.6 Å². The topological polar surface area (TPSA) is 92.8 Å². The number of benzene rings is 1. The summed E-state index contributed by atoms with van der Waals surface area (Å²) in [7, 11) is 0. The zero-order chi connectivity index (χ0) is 19.1. The lowest BCUT2D eigenvalue weighted by Gasteiger charge is -2.28. The maximum absolute atomic E-state index is 12.8. The maximum atomic E-state index is 12.8.